The SMILES string of the molecule is N#CC(C(=O)Nc1ccccc1)=C1SC(Cc2ccc(Cl)cc2)C(=O)N1c1ccc(F)cc1. The van der Waals surface area contributed by atoms with E-state index in [9.17, 15) is 19.2 Å². The van der Waals surface area contributed by atoms with Gasteiger partial charge >= 0.3 is 0 Å². The van der Waals surface area contributed by atoms with Crippen molar-refractivity contribution in [1.82, 2.24) is 0 Å². The Kier molecular flexibility index (Phi) is 6.78. The molecule has 33 heavy (non-hydrogen) atoms. The first-order chi connectivity index (χ1) is 16.0. The number of benzene rings is 3. The number of hydrogen-bond acceptors (Lipinski definition) is 4. The van der Waals surface area contributed by atoms with Crippen LogP contribution >= 0.6 is 23.4 Å². The first kappa shape index (κ1) is 22.6. The molecular formula is C25H17ClFN3O2S. The normalized spacial score (nSPS) is 16.9. The monoisotopic (exact) mass is 477 g/mol. The second-order valence-corrected chi connectivity index (χ2v) is 8.83. The number of rotatable bonds is 5. The molecule has 0 aliphatic carbocycles. The van der Waals surface area contributed by atoms with Crippen LogP contribution in [0.3, 0.4) is 0 Å². The van der Waals surface area contributed by atoms with Gasteiger partial charge in [0.1, 0.15) is 22.5 Å². The molecule has 1 atom stereocenters. The van der Waals surface area contributed by atoms with Gasteiger partial charge in [0.25, 0.3) is 5.91 Å². The van der Waals surface area contributed by atoms with Crippen molar-refractivity contribution in [3.63, 3.8) is 0 Å². The number of nitrogens with one attached hydrogen (secondary N) is 1. The molecule has 2 amide bonds. The molecular weight excluding hydrogens is 461 g/mol. The fourth-order valence-electron chi connectivity index (χ4n) is 3.36. The summed E-state index contributed by atoms with van der Waals surface area (Å²) in [6, 6.07) is 23.2. The van der Waals surface area contributed by atoms with E-state index < -0.39 is 17.0 Å². The third-order valence-corrected chi connectivity index (χ3v) is 6.47. The lowest BCUT2D eigenvalue weighted by Gasteiger charge is -2.18. The van der Waals surface area contributed by atoms with E-state index in [1.165, 1.54) is 29.2 Å². The van der Waals surface area contributed by atoms with Gasteiger partial charge < -0.3 is 5.32 Å². The van der Waals surface area contributed by atoms with Gasteiger partial charge in [0.2, 0.25) is 5.91 Å². The lowest BCUT2D eigenvalue weighted by atomic mass is 10.1. The zero-order valence-electron chi connectivity index (χ0n) is 17.2. The third-order valence-electron chi connectivity index (χ3n) is 4.96. The highest BCUT2D eigenvalue weighted by molar-refractivity contribution is 8.05. The predicted octanol–water partition coefficient (Wildman–Crippen LogP) is 5.54. The second kappa shape index (κ2) is 9.90. The fourth-order valence-corrected chi connectivity index (χ4v) is 4.80. The van der Waals surface area contributed by atoms with Gasteiger partial charge in [0.05, 0.1) is 5.25 Å². The maximum atomic E-state index is 13.5. The molecule has 0 saturated carbocycles. The number of carbonyl (C=O) groups is 2. The molecule has 3 aromatic rings. The number of amides is 2. The summed E-state index contributed by atoms with van der Waals surface area (Å²) in [5, 5.41) is 12.8. The number of nitriles is 1. The van der Waals surface area contributed by atoms with Crippen molar-refractivity contribution in [2.75, 3.05) is 10.2 Å². The van der Waals surface area contributed by atoms with Gasteiger partial charge in [-0.2, -0.15) is 5.26 Å². The number of nitrogens with zero attached hydrogens (tertiary/aromatic N) is 2. The Morgan fingerprint density at radius 1 is 1.06 bits per heavy atom. The van der Waals surface area contributed by atoms with Crippen molar-refractivity contribution in [3.8, 4) is 6.07 Å². The average molecular weight is 478 g/mol. The molecule has 0 radical (unpaired) electrons. The quantitative estimate of drug-likeness (QED) is 0.386. The molecule has 1 aliphatic heterocycles. The molecule has 5 nitrogen and oxygen atoms in total. The zero-order valence-corrected chi connectivity index (χ0v) is 18.7. The molecule has 0 aromatic heterocycles. The van der Waals surface area contributed by atoms with Crippen molar-refractivity contribution in [2.45, 2.75) is 11.7 Å². The number of thioether (sulfide) groups is 1. The molecule has 4 rings (SSSR count). The number of halogens is 2. The topological polar surface area (TPSA) is 73.2 Å². The van der Waals surface area contributed by atoms with Crippen LogP contribution in [0.5, 0.6) is 0 Å². The average Bonchev–Trinajstić information content (AvgIpc) is 3.12. The van der Waals surface area contributed by atoms with Gasteiger partial charge in [-0.05, 0) is 60.5 Å². The highest BCUT2D eigenvalue weighted by atomic mass is 35.5. The van der Waals surface area contributed by atoms with Gasteiger partial charge in [-0.15, -0.1) is 0 Å². The van der Waals surface area contributed by atoms with Crippen molar-refractivity contribution >= 4 is 46.6 Å². The summed E-state index contributed by atoms with van der Waals surface area (Å²) in [6.07, 6.45) is 0.376. The number of hydrogen-bond donors (Lipinski definition) is 1. The van der Waals surface area contributed by atoms with Crippen molar-refractivity contribution in [1.29, 1.82) is 5.26 Å². The second-order valence-electron chi connectivity index (χ2n) is 7.20. The van der Waals surface area contributed by atoms with Gasteiger partial charge in [0, 0.05) is 16.4 Å². The maximum Gasteiger partial charge on any atom is 0.269 e. The smallest absolute Gasteiger partial charge is 0.269 e. The lowest BCUT2D eigenvalue weighted by molar-refractivity contribution is -0.117. The third kappa shape index (κ3) is 5.08. The summed E-state index contributed by atoms with van der Waals surface area (Å²) >= 11 is 7.10. The van der Waals surface area contributed by atoms with Crippen LogP contribution in [-0.2, 0) is 16.0 Å². The Morgan fingerprint density at radius 3 is 2.36 bits per heavy atom. The largest absolute Gasteiger partial charge is 0.321 e. The minimum atomic E-state index is -0.627. The van der Waals surface area contributed by atoms with E-state index in [-0.39, 0.29) is 16.5 Å². The van der Waals surface area contributed by atoms with Crippen LogP contribution in [0.15, 0.2) is 89.5 Å². The Balaban J connectivity index is 1.72. The summed E-state index contributed by atoms with van der Waals surface area (Å²) in [5.74, 6) is -1.38. The summed E-state index contributed by atoms with van der Waals surface area (Å²) in [6.45, 7) is 0. The van der Waals surface area contributed by atoms with Crippen LogP contribution in [0.2, 0.25) is 5.02 Å². The minimum absolute atomic E-state index is 0.194. The van der Waals surface area contributed by atoms with Crippen LogP contribution in [0.1, 0.15) is 5.56 Å². The van der Waals surface area contributed by atoms with E-state index >= 15 is 0 Å². The standard InChI is InChI=1S/C25H17ClFN3O2S/c26-17-8-6-16(7-9-17)14-22-24(32)30(20-12-10-18(27)11-13-20)25(33-22)21(15-28)23(31)29-19-4-2-1-3-5-19/h1-13,22H,14H2,(H,29,31). The molecule has 1 saturated heterocycles. The molecule has 1 unspecified atom stereocenters. The van der Waals surface area contributed by atoms with Crippen LogP contribution in [-0.4, -0.2) is 17.1 Å². The van der Waals surface area contributed by atoms with E-state index in [4.69, 9.17) is 11.6 Å². The maximum absolute atomic E-state index is 13.5. The molecule has 164 valence electrons. The van der Waals surface area contributed by atoms with Crippen LogP contribution in [0.4, 0.5) is 15.8 Å². The predicted molar refractivity (Wildman–Crippen MR) is 128 cm³/mol. The van der Waals surface area contributed by atoms with Gasteiger partial charge in [0.15, 0.2) is 0 Å². The number of para-hydroxylation sites is 1. The Morgan fingerprint density at radius 2 is 1.73 bits per heavy atom. The summed E-state index contributed by atoms with van der Waals surface area (Å²) < 4.78 is 13.5. The Labute approximate surface area is 199 Å². The summed E-state index contributed by atoms with van der Waals surface area (Å²) in [5.41, 5.74) is 1.59. The van der Waals surface area contributed by atoms with E-state index in [1.807, 2.05) is 24.3 Å². The molecule has 1 heterocycles. The van der Waals surface area contributed by atoms with Crippen LogP contribution in [0, 0.1) is 17.1 Å². The van der Waals surface area contributed by atoms with Crippen molar-refractivity contribution < 1.29 is 14.0 Å². The number of carbonyl (C=O) groups excluding carboxylic acids is 2. The molecule has 0 spiro atoms. The highest BCUT2D eigenvalue weighted by Gasteiger charge is 2.40. The van der Waals surface area contributed by atoms with Crippen LogP contribution < -0.4 is 10.2 Å². The van der Waals surface area contributed by atoms with Gasteiger partial charge in [-0.3, -0.25) is 14.5 Å². The molecule has 1 N–H and O–H groups in total. The summed E-state index contributed by atoms with van der Waals surface area (Å²) in [7, 11) is 0. The first-order valence-electron chi connectivity index (χ1n) is 9.97. The lowest BCUT2D eigenvalue weighted by Crippen LogP contribution is -2.30. The molecule has 1 fully saturated rings. The van der Waals surface area contributed by atoms with E-state index in [0.717, 1.165) is 17.3 Å². The Bertz CT molecular complexity index is 1260. The van der Waals surface area contributed by atoms with E-state index in [0.29, 0.717) is 22.8 Å². The highest BCUT2D eigenvalue weighted by Crippen LogP contribution is 2.42. The molecule has 0 bridgehead atoms. The van der Waals surface area contributed by atoms with Crippen molar-refractivity contribution in [3.05, 3.63) is 106 Å². The minimum Gasteiger partial charge on any atom is -0.321 e. The number of anilines is 2. The van der Waals surface area contributed by atoms with Gasteiger partial charge in [-0.25, -0.2) is 4.39 Å². The molecule has 3 aromatic carbocycles. The molecule has 1 aliphatic rings. The van der Waals surface area contributed by atoms with Gasteiger partial charge in [-0.1, -0.05) is 53.7 Å². The van der Waals surface area contributed by atoms with Crippen molar-refractivity contribution in [2.24, 2.45) is 0 Å². The van der Waals surface area contributed by atoms with E-state index in [2.05, 4.69) is 5.32 Å². The summed E-state index contributed by atoms with van der Waals surface area (Å²) in [4.78, 5) is 27.7. The van der Waals surface area contributed by atoms with E-state index in [1.54, 1.807) is 36.4 Å². The first-order valence-corrected chi connectivity index (χ1v) is 11.2. The molecule has 8 heteroatoms. The van der Waals surface area contributed by atoms with Crippen LogP contribution in [0.25, 0.3) is 0 Å². The fraction of sp³-hybridized carbons (Fsp3) is 0.0800. The zero-order chi connectivity index (χ0) is 23.4. The Hall–Kier alpha value is -3.60.